The number of H-pyrrole nitrogens is 2. The molecule has 1 atom stereocenters. The molecule has 1 aromatic carbocycles. The maximum Gasteiger partial charge on any atom is 0.490 e. The van der Waals surface area contributed by atoms with Crippen LogP contribution < -0.4 is 0 Å². The van der Waals surface area contributed by atoms with Gasteiger partial charge in [-0.3, -0.25) is 14.6 Å². The van der Waals surface area contributed by atoms with Crippen LogP contribution in [0.1, 0.15) is 44.0 Å². The Morgan fingerprint density at radius 1 is 1.17 bits per heavy atom. The van der Waals surface area contributed by atoms with Crippen LogP contribution in [0.25, 0.3) is 10.9 Å². The zero-order chi connectivity index (χ0) is 26.2. The number of carboxylic acid groups (broad SMARTS) is 2. The Balaban J connectivity index is 0.000000384. The molecule has 4 heterocycles. The first-order chi connectivity index (χ1) is 17.0. The fourth-order valence-electron chi connectivity index (χ4n) is 3.92. The number of nitrogens with one attached hydrogen (secondary N) is 2. The molecule has 4 aromatic rings. The number of hydrogen-bond donors (Lipinski definition) is 4. The molecule has 36 heavy (non-hydrogen) atoms. The number of aromatic carboxylic acids is 1. The summed E-state index contributed by atoms with van der Waals surface area (Å²) < 4.78 is 33.5. The third kappa shape index (κ3) is 4.49. The van der Waals surface area contributed by atoms with Crippen LogP contribution in [0.15, 0.2) is 36.8 Å². The topological polar surface area (TPSA) is 170 Å². The van der Waals surface area contributed by atoms with Gasteiger partial charge in [0.15, 0.2) is 5.69 Å². The van der Waals surface area contributed by atoms with Gasteiger partial charge in [0, 0.05) is 42.9 Å². The molecule has 1 aliphatic rings. The Morgan fingerprint density at radius 2 is 1.89 bits per heavy atom. The van der Waals surface area contributed by atoms with Crippen molar-refractivity contribution < 1.29 is 37.8 Å². The summed E-state index contributed by atoms with van der Waals surface area (Å²) in [5, 5.41) is 27.6. The highest BCUT2D eigenvalue weighted by Gasteiger charge is 2.38. The summed E-state index contributed by atoms with van der Waals surface area (Å²) in [5.41, 5.74) is 3.50. The minimum absolute atomic E-state index is 0.105. The molecule has 0 spiro atoms. The SMILES string of the molecule is Cn1nccc1C1c2nc[nH]c2CCN1C(=O)c1ccc2[nH]nc(C(=O)O)c2c1.O=C(O)C(F)(F)F. The van der Waals surface area contributed by atoms with E-state index in [1.54, 1.807) is 40.3 Å². The number of aromatic nitrogens is 6. The summed E-state index contributed by atoms with van der Waals surface area (Å²) in [6.07, 6.45) is -1.10. The molecule has 1 amide bonds. The number of nitrogens with zero attached hydrogens (tertiary/aromatic N) is 5. The van der Waals surface area contributed by atoms with E-state index in [4.69, 9.17) is 9.90 Å². The lowest BCUT2D eigenvalue weighted by molar-refractivity contribution is -0.192. The Labute approximate surface area is 199 Å². The van der Waals surface area contributed by atoms with Crippen molar-refractivity contribution in [3.63, 3.8) is 0 Å². The maximum atomic E-state index is 13.5. The summed E-state index contributed by atoms with van der Waals surface area (Å²) >= 11 is 0. The second-order valence-corrected chi connectivity index (χ2v) is 7.74. The second-order valence-electron chi connectivity index (χ2n) is 7.74. The number of hydrogen-bond acceptors (Lipinski definition) is 6. The first-order valence-corrected chi connectivity index (χ1v) is 10.3. The van der Waals surface area contributed by atoms with Gasteiger partial charge in [0.05, 0.1) is 23.2 Å². The molecule has 3 aromatic heterocycles. The van der Waals surface area contributed by atoms with E-state index < -0.39 is 18.1 Å². The molecule has 5 rings (SSSR count). The van der Waals surface area contributed by atoms with Gasteiger partial charge in [-0.2, -0.15) is 23.4 Å². The number of aromatic amines is 2. The van der Waals surface area contributed by atoms with Crippen LogP contribution >= 0.6 is 0 Å². The number of carbonyl (C=O) groups excluding carboxylic acids is 1. The fourth-order valence-corrected chi connectivity index (χ4v) is 3.92. The quantitative estimate of drug-likeness (QED) is 0.328. The number of aryl methyl sites for hydroxylation is 1. The Hall–Kier alpha value is -4.69. The molecule has 12 nitrogen and oxygen atoms in total. The molecule has 0 saturated carbocycles. The fraction of sp³-hybridized carbons (Fsp3) is 0.238. The van der Waals surface area contributed by atoms with Crippen LogP contribution in [-0.4, -0.2) is 75.6 Å². The van der Waals surface area contributed by atoms with Crippen molar-refractivity contribution in [3.05, 3.63) is 65.1 Å². The third-order valence-electron chi connectivity index (χ3n) is 5.58. The molecule has 0 fully saturated rings. The Bertz CT molecular complexity index is 1460. The number of carboxylic acids is 2. The van der Waals surface area contributed by atoms with Gasteiger partial charge in [-0.1, -0.05) is 0 Å². The van der Waals surface area contributed by atoms with E-state index in [0.717, 1.165) is 17.1 Å². The molecular formula is C21H18F3N7O5. The zero-order valence-corrected chi connectivity index (χ0v) is 18.4. The van der Waals surface area contributed by atoms with E-state index >= 15 is 0 Å². The molecule has 188 valence electrons. The highest BCUT2D eigenvalue weighted by atomic mass is 19.4. The number of aliphatic carboxylic acids is 1. The molecule has 0 saturated heterocycles. The van der Waals surface area contributed by atoms with E-state index in [1.165, 1.54) is 0 Å². The zero-order valence-electron chi connectivity index (χ0n) is 18.4. The minimum atomic E-state index is -5.08. The third-order valence-corrected chi connectivity index (χ3v) is 5.58. The molecule has 1 aliphatic heterocycles. The number of benzene rings is 1. The lowest BCUT2D eigenvalue weighted by Crippen LogP contribution is -2.41. The molecule has 4 N–H and O–H groups in total. The average molecular weight is 505 g/mol. The van der Waals surface area contributed by atoms with Crippen molar-refractivity contribution in [1.82, 2.24) is 34.8 Å². The predicted molar refractivity (Wildman–Crippen MR) is 115 cm³/mol. The normalized spacial score (nSPS) is 15.2. The smallest absolute Gasteiger partial charge is 0.476 e. The van der Waals surface area contributed by atoms with Crippen molar-refractivity contribution in [2.75, 3.05) is 6.54 Å². The largest absolute Gasteiger partial charge is 0.490 e. The van der Waals surface area contributed by atoms with Gasteiger partial charge in [-0.15, -0.1) is 0 Å². The van der Waals surface area contributed by atoms with Gasteiger partial charge in [-0.05, 0) is 24.3 Å². The molecular weight excluding hydrogens is 487 g/mol. The average Bonchev–Trinajstić information content (AvgIpc) is 3.56. The molecule has 1 unspecified atom stereocenters. The molecule has 0 radical (unpaired) electrons. The van der Waals surface area contributed by atoms with E-state index in [2.05, 4.69) is 25.3 Å². The molecule has 0 aliphatic carbocycles. The van der Waals surface area contributed by atoms with E-state index in [-0.39, 0.29) is 17.6 Å². The number of alkyl halides is 3. The second kappa shape index (κ2) is 9.16. The van der Waals surface area contributed by atoms with Crippen LogP contribution in [0.3, 0.4) is 0 Å². The van der Waals surface area contributed by atoms with Crippen LogP contribution in [0.5, 0.6) is 0 Å². The van der Waals surface area contributed by atoms with Crippen molar-refractivity contribution in [1.29, 1.82) is 0 Å². The highest BCUT2D eigenvalue weighted by Crippen LogP contribution is 2.34. The Morgan fingerprint density at radius 3 is 2.50 bits per heavy atom. The maximum absolute atomic E-state index is 13.5. The van der Waals surface area contributed by atoms with Crippen molar-refractivity contribution >= 4 is 28.7 Å². The summed E-state index contributed by atoms with van der Waals surface area (Å²) in [5.74, 6) is -4.11. The van der Waals surface area contributed by atoms with Gasteiger partial charge in [0.25, 0.3) is 5.91 Å². The first kappa shape index (κ1) is 24.4. The summed E-state index contributed by atoms with van der Waals surface area (Å²) in [6.45, 7) is 0.499. The lowest BCUT2D eigenvalue weighted by Gasteiger charge is -2.35. The number of carbonyl (C=O) groups is 3. The number of rotatable bonds is 3. The number of imidazole rings is 1. The molecule has 15 heteroatoms. The van der Waals surface area contributed by atoms with Crippen molar-refractivity contribution in [2.24, 2.45) is 7.05 Å². The summed E-state index contributed by atoms with van der Waals surface area (Å²) in [4.78, 5) is 43.1. The van der Waals surface area contributed by atoms with E-state index in [1.807, 2.05) is 13.1 Å². The predicted octanol–water partition coefficient (Wildman–Crippen LogP) is 2.14. The number of fused-ring (bicyclic) bond motifs is 2. The van der Waals surface area contributed by atoms with Crippen LogP contribution in [0.4, 0.5) is 13.2 Å². The highest BCUT2D eigenvalue weighted by molar-refractivity contribution is 6.04. The van der Waals surface area contributed by atoms with E-state index in [9.17, 15) is 27.9 Å². The van der Waals surface area contributed by atoms with Gasteiger partial charge in [0.2, 0.25) is 0 Å². The van der Waals surface area contributed by atoms with Gasteiger partial charge in [0.1, 0.15) is 6.04 Å². The summed E-state index contributed by atoms with van der Waals surface area (Å²) in [7, 11) is 1.83. The van der Waals surface area contributed by atoms with E-state index in [0.29, 0.717) is 29.4 Å². The van der Waals surface area contributed by atoms with Gasteiger partial charge in [-0.25, -0.2) is 14.6 Å². The van der Waals surface area contributed by atoms with Gasteiger partial charge < -0.3 is 20.1 Å². The number of halogens is 3. The monoisotopic (exact) mass is 505 g/mol. The Kier molecular flexibility index (Phi) is 6.22. The first-order valence-electron chi connectivity index (χ1n) is 10.3. The number of amides is 1. The van der Waals surface area contributed by atoms with Crippen molar-refractivity contribution in [2.45, 2.75) is 18.6 Å². The molecule has 0 bridgehead atoms. The van der Waals surface area contributed by atoms with Crippen LogP contribution in [0, 0.1) is 0 Å². The standard InChI is InChI=1S/C19H17N7O3.C2HF3O2/c1-25-14(4-6-22-25)17-16-13(20-9-21-16)5-7-26(17)18(27)10-2-3-12-11(8-10)15(19(28)29)24-23-12;3-2(4,5)1(6)7/h2-4,6,8-9,17H,5,7H2,1H3,(H,20,21)(H,23,24)(H,28,29);(H,6,7). The van der Waals surface area contributed by atoms with Crippen molar-refractivity contribution in [3.8, 4) is 0 Å². The summed E-state index contributed by atoms with van der Waals surface area (Å²) in [6, 6.07) is 6.41. The van der Waals surface area contributed by atoms with Crippen LogP contribution in [-0.2, 0) is 18.3 Å². The minimum Gasteiger partial charge on any atom is -0.476 e. The lowest BCUT2D eigenvalue weighted by atomic mass is 9.98. The van der Waals surface area contributed by atoms with Gasteiger partial charge >= 0.3 is 18.1 Å². The van der Waals surface area contributed by atoms with Crippen LogP contribution in [0.2, 0.25) is 0 Å².